The van der Waals surface area contributed by atoms with Gasteiger partial charge in [-0.15, -0.1) is 15.9 Å². The number of aromatic nitrogens is 3. The maximum absolute atomic E-state index is 12.4. The summed E-state index contributed by atoms with van der Waals surface area (Å²) in [6.45, 7) is 5.68. The Balaban J connectivity index is 1.22. The number of carbonyl (C=O) groups excluding carboxylic acids is 1. The molecule has 1 amide bonds. The summed E-state index contributed by atoms with van der Waals surface area (Å²) in [4.78, 5) is 33.7. The number of amides is 1. The lowest BCUT2D eigenvalue weighted by Crippen LogP contribution is -2.20. The van der Waals surface area contributed by atoms with Crippen LogP contribution in [-0.2, 0) is 10.5 Å². The molecule has 178 valence electrons. The number of aryl methyl sites for hydroxylation is 3. The lowest BCUT2D eigenvalue weighted by atomic mass is 10.1. The van der Waals surface area contributed by atoms with E-state index in [1.165, 1.54) is 33.7 Å². The molecule has 0 saturated carbocycles. The minimum atomic E-state index is -0.245. The molecule has 5 rings (SSSR count). The summed E-state index contributed by atoms with van der Waals surface area (Å²) in [6.07, 6.45) is 0. The second kappa shape index (κ2) is 9.55. The fraction of sp³-hybridized carbons (Fsp3) is 0.200. The summed E-state index contributed by atoms with van der Waals surface area (Å²) < 4.78 is 14.0. The summed E-state index contributed by atoms with van der Waals surface area (Å²) in [5.41, 5.74) is 4.58. The first-order valence-electron chi connectivity index (χ1n) is 10.9. The molecule has 0 fully saturated rings. The van der Waals surface area contributed by atoms with Gasteiger partial charge in [-0.2, -0.15) is 0 Å². The Morgan fingerprint density at radius 2 is 1.97 bits per heavy atom. The van der Waals surface area contributed by atoms with Crippen molar-refractivity contribution in [1.29, 1.82) is 0 Å². The minimum Gasteiger partial charge on any atom is -0.483 e. The molecule has 0 unspecified atom stereocenters. The highest BCUT2D eigenvalue weighted by atomic mass is 32.2. The van der Waals surface area contributed by atoms with Crippen LogP contribution in [-0.4, -0.2) is 27.1 Å². The first kappa shape index (κ1) is 23.1. The third-order valence-electron chi connectivity index (χ3n) is 5.21. The highest BCUT2D eigenvalue weighted by Crippen LogP contribution is 2.32. The first-order valence-corrected chi connectivity index (χ1v) is 12.7. The quantitative estimate of drug-likeness (QED) is 0.306. The fourth-order valence-corrected chi connectivity index (χ4v) is 5.63. The number of thioether (sulfide) groups is 1. The average molecular weight is 507 g/mol. The SMILES string of the molecule is Cc1ccc(OCC(=O)Nc2ccc3nc(SCc4cc(=O)n5oc(C)cc5n4)sc3c2)c(C)c1. The van der Waals surface area contributed by atoms with E-state index in [2.05, 4.69) is 15.3 Å². The maximum Gasteiger partial charge on any atom is 0.287 e. The largest absolute Gasteiger partial charge is 0.483 e. The minimum absolute atomic E-state index is 0.0702. The molecule has 0 atom stereocenters. The van der Waals surface area contributed by atoms with Gasteiger partial charge < -0.3 is 14.6 Å². The predicted octanol–water partition coefficient (Wildman–Crippen LogP) is 5.13. The van der Waals surface area contributed by atoms with Crippen LogP contribution in [0.15, 0.2) is 62.2 Å². The molecular formula is C25H22N4O4S2. The number of ether oxygens (including phenoxy) is 1. The van der Waals surface area contributed by atoms with Crippen molar-refractivity contribution in [1.82, 2.24) is 14.5 Å². The summed E-state index contributed by atoms with van der Waals surface area (Å²) in [5, 5.41) is 2.88. The Kier molecular flexibility index (Phi) is 6.31. The molecule has 10 heteroatoms. The van der Waals surface area contributed by atoms with Crippen LogP contribution in [0.25, 0.3) is 15.9 Å². The van der Waals surface area contributed by atoms with Gasteiger partial charge in [0.1, 0.15) is 11.5 Å². The third kappa shape index (κ3) is 5.23. The standard InChI is InChI=1S/C25H22N4O4S2/c1-14-4-7-20(15(2)8-14)32-12-23(30)27-17-5-6-19-21(10-17)35-25(28-19)34-13-18-11-24(31)29-22(26-18)9-16(3)33-29/h4-11H,12-13H2,1-3H3,(H,27,30). The van der Waals surface area contributed by atoms with E-state index in [-0.39, 0.29) is 18.1 Å². The van der Waals surface area contributed by atoms with Crippen LogP contribution in [0.5, 0.6) is 5.75 Å². The molecule has 0 aliphatic heterocycles. The van der Waals surface area contributed by atoms with Crippen LogP contribution < -0.4 is 15.6 Å². The van der Waals surface area contributed by atoms with Crippen LogP contribution in [0.1, 0.15) is 22.6 Å². The number of nitrogens with zero attached hydrogens (tertiary/aromatic N) is 3. The Morgan fingerprint density at radius 3 is 2.80 bits per heavy atom. The normalized spacial score (nSPS) is 11.3. The van der Waals surface area contributed by atoms with Crippen molar-refractivity contribution in [2.75, 3.05) is 11.9 Å². The van der Waals surface area contributed by atoms with E-state index >= 15 is 0 Å². The number of anilines is 1. The van der Waals surface area contributed by atoms with E-state index in [4.69, 9.17) is 9.26 Å². The second-order valence-corrected chi connectivity index (χ2v) is 10.4. The number of rotatable bonds is 7. The van der Waals surface area contributed by atoms with Crippen molar-refractivity contribution in [2.24, 2.45) is 0 Å². The number of nitrogens with one attached hydrogen (secondary N) is 1. The lowest BCUT2D eigenvalue weighted by Gasteiger charge is -2.10. The van der Waals surface area contributed by atoms with Crippen molar-refractivity contribution in [3.05, 3.63) is 81.5 Å². The zero-order chi connectivity index (χ0) is 24.5. The van der Waals surface area contributed by atoms with Gasteiger partial charge in [0, 0.05) is 23.6 Å². The molecule has 8 nitrogen and oxygen atoms in total. The van der Waals surface area contributed by atoms with E-state index in [1.54, 1.807) is 13.0 Å². The number of hydrogen-bond acceptors (Lipinski definition) is 8. The topological polar surface area (TPSA) is 98.7 Å². The Labute approximate surface area is 208 Å². The molecule has 0 saturated heterocycles. The van der Waals surface area contributed by atoms with Crippen LogP contribution in [0.3, 0.4) is 0 Å². The molecule has 0 spiro atoms. The van der Waals surface area contributed by atoms with Gasteiger partial charge in [-0.1, -0.05) is 29.5 Å². The second-order valence-electron chi connectivity index (χ2n) is 8.14. The highest BCUT2D eigenvalue weighted by molar-refractivity contribution is 8.00. The molecular weight excluding hydrogens is 484 g/mol. The molecule has 1 N–H and O–H groups in total. The maximum atomic E-state index is 12.4. The zero-order valence-electron chi connectivity index (χ0n) is 19.3. The number of thiazole rings is 1. The first-order chi connectivity index (χ1) is 16.8. The van der Waals surface area contributed by atoms with Crippen LogP contribution >= 0.6 is 23.1 Å². The van der Waals surface area contributed by atoms with E-state index in [9.17, 15) is 9.59 Å². The van der Waals surface area contributed by atoms with Crippen molar-refractivity contribution >= 4 is 50.6 Å². The van der Waals surface area contributed by atoms with Gasteiger partial charge in [-0.25, -0.2) is 9.97 Å². The van der Waals surface area contributed by atoms with Gasteiger partial charge >= 0.3 is 0 Å². The zero-order valence-corrected chi connectivity index (χ0v) is 21.0. The van der Waals surface area contributed by atoms with Gasteiger partial charge in [0.2, 0.25) is 0 Å². The molecule has 3 aromatic heterocycles. The van der Waals surface area contributed by atoms with Gasteiger partial charge in [-0.05, 0) is 50.6 Å². The molecule has 0 bridgehead atoms. The molecule has 0 aliphatic rings. The predicted molar refractivity (Wildman–Crippen MR) is 138 cm³/mol. The van der Waals surface area contributed by atoms with Crippen LogP contribution in [0, 0.1) is 20.8 Å². The molecule has 3 heterocycles. The Hall–Kier alpha value is -3.63. The number of hydrogen-bond donors (Lipinski definition) is 1. The van der Waals surface area contributed by atoms with E-state index in [1.807, 2.05) is 50.2 Å². The van der Waals surface area contributed by atoms with Gasteiger partial charge in [0.25, 0.3) is 11.5 Å². The number of fused-ring (bicyclic) bond motifs is 2. The van der Waals surface area contributed by atoms with E-state index < -0.39 is 0 Å². The summed E-state index contributed by atoms with van der Waals surface area (Å²) in [5.74, 6) is 1.61. The van der Waals surface area contributed by atoms with Crippen molar-refractivity contribution in [3.63, 3.8) is 0 Å². The van der Waals surface area contributed by atoms with Crippen LogP contribution in [0.4, 0.5) is 5.69 Å². The highest BCUT2D eigenvalue weighted by Gasteiger charge is 2.11. The average Bonchev–Trinajstić information content (AvgIpc) is 3.39. The summed E-state index contributed by atoms with van der Waals surface area (Å²) >= 11 is 3.03. The molecule has 5 aromatic rings. The number of carbonyl (C=O) groups is 1. The van der Waals surface area contributed by atoms with Crippen molar-refractivity contribution in [3.8, 4) is 5.75 Å². The smallest absolute Gasteiger partial charge is 0.287 e. The van der Waals surface area contributed by atoms with Gasteiger partial charge in [0.05, 0.1) is 15.9 Å². The van der Waals surface area contributed by atoms with Gasteiger partial charge in [-0.3, -0.25) is 9.59 Å². The number of benzene rings is 2. The third-order valence-corrected chi connectivity index (χ3v) is 7.40. The monoisotopic (exact) mass is 506 g/mol. The van der Waals surface area contributed by atoms with E-state index in [0.717, 1.165) is 25.7 Å². The molecule has 0 radical (unpaired) electrons. The Morgan fingerprint density at radius 1 is 1.11 bits per heavy atom. The summed E-state index contributed by atoms with van der Waals surface area (Å²) in [6, 6.07) is 14.7. The fourth-order valence-electron chi connectivity index (χ4n) is 3.63. The lowest BCUT2D eigenvalue weighted by molar-refractivity contribution is -0.118. The molecule has 0 aliphatic carbocycles. The van der Waals surface area contributed by atoms with Crippen LogP contribution in [0.2, 0.25) is 0 Å². The Bertz CT molecular complexity index is 1620. The van der Waals surface area contributed by atoms with E-state index in [0.29, 0.717) is 34.3 Å². The van der Waals surface area contributed by atoms with Crippen molar-refractivity contribution < 1.29 is 14.1 Å². The summed E-state index contributed by atoms with van der Waals surface area (Å²) in [7, 11) is 0. The van der Waals surface area contributed by atoms with Gasteiger partial charge in [0.15, 0.2) is 16.6 Å². The molecule has 2 aromatic carbocycles. The molecule has 35 heavy (non-hydrogen) atoms. The van der Waals surface area contributed by atoms with Crippen molar-refractivity contribution in [2.45, 2.75) is 30.9 Å².